The molecule has 0 saturated carbocycles. The quantitative estimate of drug-likeness (QED) is 0.112. The summed E-state index contributed by atoms with van der Waals surface area (Å²) in [5.41, 5.74) is 1.84. The van der Waals surface area contributed by atoms with Crippen molar-refractivity contribution in [3.63, 3.8) is 0 Å². The molecule has 0 aromatic heterocycles. The van der Waals surface area contributed by atoms with Gasteiger partial charge in [0.05, 0.1) is 18.8 Å². The summed E-state index contributed by atoms with van der Waals surface area (Å²) < 4.78 is 33.8. The maximum Gasteiger partial charge on any atom is 0.410 e. The van der Waals surface area contributed by atoms with Gasteiger partial charge in [0.2, 0.25) is 0 Å². The van der Waals surface area contributed by atoms with Gasteiger partial charge in [-0.2, -0.15) is 0 Å². The van der Waals surface area contributed by atoms with Gasteiger partial charge in [0.25, 0.3) is 0 Å². The molecular weight excluding hydrogens is 663 g/mol. The van der Waals surface area contributed by atoms with Crippen molar-refractivity contribution in [2.24, 2.45) is 0 Å². The Morgan fingerprint density at radius 2 is 1.44 bits per heavy atom. The number of carbonyl (C=O) groups is 2. The zero-order chi connectivity index (χ0) is 37.2. The second-order valence-corrected chi connectivity index (χ2v) is 25.0. The molecule has 0 spiro atoms. The standard InChI is InChI=1S/C40H63NO7Si2/c1-12-50(13-2,14-3)48-35(30-45-49(10,11)39(5,6)7)37-36(46-40(8,9)47-37)34(27-21-22-31(4)42)41(28-32-23-17-15-18-24-32)38(43)44-29-33-25-19-16-20-26-33/h15-26,34-37H,12-14,27-30H2,1-11H3/b22-21+/t34-,35+,36-,37+/m0/s1. The van der Waals surface area contributed by atoms with E-state index in [0.717, 1.165) is 29.3 Å². The molecule has 0 aliphatic carbocycles. The normalized spacial score (nSPS) is 19.3. The summed E-state index contributed by atoms with van der Waals surface area (Å²) in [6.07, 6.45) is 1.66. The lowest BCUT2D eigenvalue weighted by Crippen LogP contribution is -2.56. The van der Waals surface area contributed by atoms with Crippen LogP contribution in [0.5, 0.6) is 0 Å². The predicted molar refractivity (Wildman–Crippen MR) is 206 cm³/mol. The van der Waals surface area contributed by atoms with Gasteiger partial charge in [0.1, 0.15) is 18.8 Å². The minimum atomic E-state index is -2.17. The van der Waals surface area contributed by atoms with Gasteiger partial charge in [-0.05, 0) is 80.7 Å². The number of benzene rings is 2. The van der Waals surface area contributed by atoms with Crippen molar-refractivity contribution >= 4 is 28.5 Å². The molecule has 2 aromatic rings. The number of allylic oxidation sites excluding steroid dienone is 1. The number of hydrogen-bond donors (Lipinski definition) is 0. The van der Waals surface area contributed by atoms with Crippen LogP contribution < -0.4 is 0 Å². The topological polar surface area (TPSA) is 83.5 Å². The molecule has 0 radical (unpaired) electrons. The molecule has 4 atom stereocenters. The number of nitrogens with zero attached hydrogens (tertiary/aromatic N) is 1. The molecule has 1 heterocycles. The molecule has 0 unspecified atom stereocenters. The zero-order valence-electron chi connectivity index (χ0n) is 32.5. The van der Waals surface area contributed by atoms with Gasteiger partial charge >= 0.3 is 6.09 Å². The van der Waals surface area contributed by atoms with E-state index in [0.29, 0.717) is 13.0 Å². The van der Waals surface area contributed by atoms with Crippen molar-refractivity contribution in [2.45, 2.75) is 148 Å². The molecule has 2 aromatic carbocycles. The Balaban J connectivity index is 2.14. The van der Waals surface area contributed by atoms with Crippen molar-refractivity contribution in [1.82, 2.24) is 4.90 Å². The van der Waals surface area contributed by atoms with Gasteiger partial charge in [0, 0.05) is 6.54 Å². The largest absolute Gasteiger partial charge is 0.445 e. The summed E-state index contributed by atoms with van der Waals surface area (Å²) >= 11 is 0. The summed E-state index contributed by atoms with van der Waals surface area (Å²) in [6, 6.07) is 21.9. The molecule has 278 valence electrons. The highest BCUT2D eigenvalue weighted by atomic mass is 28.4. The van der Waals surface area contributed by atoms with Gasteiger partial charge in [-0.25, -0.2) is 4.79 Å². The number of amides is 1. The van der Waals surface area contributed by atoms with Crippen LogP contribution in [0.3, 0.4) is 0 Å². The molecule has 3 rings (SSSR count). The molecule has 0 N–H and O–H groups in total. The van der Waals surface area contributed by atoms with E-state index in [1.54, 1.807) is 11.0 Å². The zero-order valence-corrected chi connectivity index (χ0v) is 34.5. The summed E-state index contributed by atoms with van der Waals surface area (Å²) in [7, 11) is -4.34. The predicted octanol–water partition coefficient (Wildman–Crippen LogP) is 9.66. The Kier molecular flexibility index (Phi) is 15.3. The Hall–Kier alpha value is -2.61. The molecule has 50 heavy (non-hydrogen) atoms. The van der Waals surface area contributed by atoms with E-state index in [1.165, 1.54) is 6.92 Å². The van der Waals surface area contributed by atoms with Crippen molar-refractivity contribution in [1.29, 1.82) is 0 Å². The van der Waals surface area contributed by atoms with Crippen LogP contribution in [0.2, 0.25) is 36.3 Å². The first-order valence-electron chi connectivity index (χ1n) is 18.3. The minimum absolute atomic E-state index is 0.00700. The van der Waals surface area contributed by atoms with E-state index in [1.807, 2.05) is 80.6 Å². The highest BCUT2D eigenvalue weighted by Crippen LogP contribution is 2.40. The fraction of sp³-hybridized carbons (Fsp3) is 0.600. The second-order valence-electron chi connectivity index (χ2n) is 15.5. The lowest BCUT2D eigenvalue weighted by Gasteiger charge is -2.42. The first-order chi connectivity index (χ1) is 23.5. The van der Waals surface area contributed by atoms with Crippen LogP contribution in [-0.4, -0.2) is 70.2 Å². The van der Waals surface area contributed by atoms with E-state index >= 15 is 0 Å². The molecule has 0 bridgehead atoms. The first kappa shape index (κ1) is 41.8. The van der Waals surface area contributed by atoms with Gasteiger partial charge in [-0.1, -0.05) is 108 Å². The fourth-order valence-corrected chi connectivity index (χ4v) is 10.00. The van der Waals surface area contributed by atoms with Crippen LogP contribution in [0.4, 0.5) is 4.79 Å². The summed E-state index contributed by atoms with van der Waals surface area (Å²) in [4.78, 5) is 28.1. The van der Waals surface area contributed by atoms with Crippen LogP contribution in [-0.2, 0) is 41.0 Å². The second kappa shape index (κ2) is 18.2. The maximum absolute atomic E-state index is 14.3. The number of ether oxygens (including phenoxy) is 3. The van der Waals surface area contributed by atoms with E-state index in [4.69, 9.17) is 23.1 Å². The molecule has 10 heteroatoms. The Morgan fingerprint density at radius 3 is 1.96 bits per heavy atom. The third-order valence-electron chi connectivity index (χ3n) is 10.4. The van der Waals surface area contributed by atoms with Crippen LogP contribution in [0.15, 0.2) is 72.8 Å². The van der Waals surface area contributed by atoms with E-state index in [9.17, 15) is 9.59 Å². The molecule has 1 amide bonds. The lowest BCUT2D eigenvalue weighted by molar-refractivity contribution is -0.158. The van der Waals surface area contributed by atoms with E-state index in [2.05, 4.69) is 54.6 Å². The maximum atomic E-state index is 14.3. The molecule has 8 nitrogen and oxygen atoms in total. The van der Waals surface area contributed by atoms with Crippen LogP contribution >= 0.6 is 0 Å². The molecule has 1 fully saturated rings. The van der Waals surface area contributed by atoms with Crippen molar-refractivity contribution < 1.29 is 32.7 Å². The summed E-state index contributed by atoms with van der Waals surface area (Å²) in [5.74, 6) is -1.03. The summed E-state index contributed by atoms with van der Waals surface area (Å²) in [5, 5.41) is 0.00700. The smallest absolute Gasteiger partial charge is 0.410 e. The van der Waals surface area contributed by atoms with Crippen molar-refractivity contribution in [3.8, 4) is 0 Å². The number of hydrogen-bond acceptors (Lipinski definition) is 7. The number of ketones is 1. The molecular formula is C40H63NO7Si2. The highest BCUT2D eigenvalue weighted by Gasteiger charge is 2.53. The third-order valence-corrected chi connectivity index (χ3v) is 19.6. The van der Waals surface area contributed by atoms with Gasteiger partial charge in [0.15, 0.2) is 28.2 Å². The van der Waals surface area contributed by atoms with E-state index in [-0.39, 0.29) is 24.0 Å². The lowest BCUT2D eigenvalue weighted by atomic mass is 9.96. The minimum Gasteiger partial charge on any atom is -0.445 e. The monoisotopic (exact) mass is 725 g/mol. The number of carbonyl (C=O) groups excluding carboxylic acids is 2. The summed E-state index contributed by atoms with van der Waals surface area (Å²) in [6.45, 7) is 24.0. The SMILES string of the molecule is CC[Si](CC)(CC)O[C@H](CO[Si](C)(C)C(C)(C)C)[C@H]1OC(C)(C)O[C@H]1[C@H](C/C=C/C(C)=O)N(Cc1ccccc1)C(=O)OCc1ccccc1. The van der Waals surface area contributed by atoms with Crippen LogP contribution in [0, 0.1) is 0 Å². The molecule has 1 aliphatic heterocycles. The first-order valence-corrected chi connectivity index (χ1v) is 23.8. The average Bonchev–Trinajstić information content (AvgIpc) is 3.40. The Morgan fingerprint density at radius 1 is 0.900 bits per heavy atom. The highest BCUT2D eigenvalue weighted by molar-refractivity contribution is 6.74. The Labute approximate surface area is 304 Å². The molecule has 1 saturated heterocycles. The van der Waals surface area contributed by atoms with E-state index < -0.39 is 52.9 Å². The van der Waals surface area contributed by atoms with Gasteiger partial charge < -0.3 is 23.1 Å². The third kappa shape index (κ3) is 11.7. The van der Waals surface area contributed by atoms with Gasteiger partial charge in [-0.3, -0.25) is 9.69 Å². The average molecular weight is 726 g/mol. The van der Waals surface area contributed by atoms with Crippen LogP contribution in [0.1, 0.15) is 79.9 Å². The number of rotatable bonds is 18. The fourth-order valence-electron chi connectivity index (χ4n) is 6.14. The molecule has 1 aliphatic rings. The Bertz CT molecular complexity index is 1360. The van der Waals surface area contributed by atoms with Crippen molar-refractivity contribution in [2.75, 3.05) is 6.61 Å². The van der Waals surface area contributed by atoms with Crippen molar-refractivity contribution in [3.05, 3.63) is 83.9 Å². The van der Waals surface area contributed by atoms with Crippen LogP contribution in [0.25, 0.3) is 0 Å². The van der Waals surface area contributed by atoms with Gasteiger partial charge in [-0.15, -0.1) is 0 Å².